The van der Waals surface area contributed by atoms with Crippen molar-refractivity contribution >= 4 is 5.84 Å². The molecule has 0 spiro atoms. The molecule has 0 atom stereocenters. The number of nitrogens with zero attached hydrogens (tertiary/aromatic N) is 1. The molecule has 0 radical (unpaired) electrons. The standard InChI is InChI=1S/C12H19N3O2/c1-10-3-2-4-11(9-10)17-8-7-14-6-5-12(13)15-16/h2-4,9,14,16H,5-8H2,1H3,(H2,13,15). The molecule has 5 nitrogen and oxygen atoms in total. The molecule has 0 aliphatic heterocycles. The van der Waals surface area contributed by atoms with Gasteiger partial charge in [0, 0.05) is 19.5 Å². The van der Waals surface area contributed by atoms with E-state index in [-0.39, 0.29) is 5.84 Å². The monoisotopic (exact) mass is 237 g/mol. The first-order valence-corrected chi connectivity index (χ1v) is 5.59. The highest BCUT2D eigenvalue weighted by Crippen LogP contribution is 2.11. The first kappa shape index (κ1) is 13.3. The van der Waals surface area contributed by atoms with Crippen molar-refractivity contribution in [3.63, 3.8) is 0 Å². The highest BCUT2D eigenvalue weighted by Gasteiger charge is 1.95. The Kier molecular flexibility index (Phi) is 5.88. The second kappa shape index (κ2) is 7.51. The van der Waals surface area contributed by atoms with Gasteiger partial charge in [-0.2, -0.15) is 0 Å². The quantitative estimate of drug-likeness (QED) is 0.218. The van der Waals surface area contributed by atoms with Crippen LogP contribution in [-0.2, 0) is 0 Å². The van der Waals surface area contributed by atoms with Gasteiger partial charge in [-0.05, 0) is 24.6 Å². The van der Waals surface area contributed by atoms with Gasteiger partial charge >= 0.3 is 0 Å². The molecule has 0 heterocycles. The van der Waals surface area contributed by atoms with Gasteiger partial charge in [-0.25, -0.2) is 0 Å². The molecule has 1 aromatic carbocycles. The van der Waals surface area contributed by atoms with Crippen LogP contribution in [0.15, 0.2) is 29.4 Å². The lowest BCUT2D eigenvalue weighted by atomic mass is 10.2. The van der Waals surface area contributed by atoms with Gasteiger partial charge in [0.05, 0.1) is 0 Å². The van der Waals surface area contributed by atoms with E-state index in [1.807, 2.05) is 31.2 Å². The Labute approximate surface area is 101 Å². The van der Waals surface area contributed by atoms with Crippen molar-refractivity contribution in [3.8, 4) is 5.75 Å². The predicted molar refractivity (Wildman–Crippen MR) is 67.6 cm³/mol. The third-order valence-electron chi connectivity index (χ3n) is 2.22. The summed E-state index contributed by atoms with van der Waals surface area (Å²) in [6.45, 7) is 4.03. The van der Waals surface area contributed by atoms with E-state index in [0.29, 0.717) is 19.6 Å². The molecule has 0 aliphatic rings. The first-order chi connectivity index (χ1) is 8.22. The van der Waals surface area contributed by atoms with E-state index in [4.69, 9.17) is 15.7 Å². The van der Waals surface area contributed by atoms with Crippen LogP contribution in [-0.4, -0.2) is 30.7 Å². The molecule has 0 fully saturated rings. The van der Waals surface area contributed by atoms with Gasteiger partial charge in [-0.3, -0.25) is 0 Å². The normalized spacial score (nSPS) is 11.5. The Morgan fingerprint density at radius 3 is 3.00 bits per heavy atom. The third-order valence-corrected chi connectivity index (χ3v) is 2.22. The molecule has 4 N–H and O–H groups in total. The average Bonchev–Trinajstić information content (AvgIpc) is 2.33. The van der Waals surface area contributed by atoms with Crippen LogP contribution in [0.1, 0.15) is 12.0 Å². The highest BCUT2D eigenvalue weighted by atomic mass is 16.5. The van der Waals surface area contributed by atoms with Gasteiger partial charge in [-0.15, -0.1) is 0 Å². The summed E-state index contributed by atoms with van der Waals surface area (Å²) in [5, 5.41) is 14.3. The molecule has 0 saturated heterocycles. The number of benzene rings is 1. The van der Waals surface area contributed by atoms with E-state index in [1.165, 1.54) is 5.56 Å². The first-order valence-electron chi connectivity index (χ1n) is 5.59. The molecule has 0 bridgehead atoms. The van der Waals surface area contributed by atoms with E-state index in [2.05, 4.69) is 10.5 Å². The van der Waals surface area contributed by atoms with Crippen molar-refractivity contribution in [2.75, 3.05) is 19.7 Å². The maximum Gasteiger partial charge on any atom is 0.140 e. The number of amidine groups is 1. The lowest BCUT2D eigenvalue weighted by Crippen LogP contribution is -2.26. The highest BCUT2D eigenvalue weighted by molar-refractivity contribution is 5.79. The number of hydrogen-bond donors (Lipinski definition) is 3. The van der Waals surface area contributed by atoms with Crippen LogP contribution >= 0.6 is 0 Å². The maximum atomic E-state index is 8.32. The topological polar surface area (TPSA) is 79.9 Å². The van der Waals surface area contributed by atoms with Crippen LogP contribution in [0.25, 0.3) is 0 Å². The lowest BCUT2D eigenvalue weighted by Gasteiger charge is -2.07. The zero-order valence-corrected chi connectivity index (χ0v) is 10.0. The number of ether oxygens (including phenoxy) is 1. The summed E-state index contributed by atoms with van der Waals surface area (Å²) in [5.41, 5.74) is 6.51. The minimum absolute atomic E-state index is 0.233. The molecule has 1 aromatic rings. The Morgan fingerprint density at radius 1 is 1.47 bits per heavy atom. The van der Waals surface area contributed by atoms with Gasteiger partial charge < -0.3 is 21.0 Å². The fraction of sp³-hybridized carbons (Fsp3) is 0.417. The Hall–Kier alpha value is -1.75. The van der Waals surface area contributed by atoms with Crippen LogP contribution in [0.5, 0.6) is 5.75 Å². The largest absolute Gasteiger partial charge is 0.492 e. The van der Waals surface area contributed by atoms with Gasteiger partial charge in [-0.1, -0.05) is 17.3 Å². The molecular formula is C12H19N3O2. The third kappa shape index (κ3) is 5.77. The summed E-state index contributed by atoms with van der Waals surface area (Å²) in [6.07, 6.45) is 0.529. The Morgan fingerprint density at radius 2 is 2.29 bits per heavy atom. The molecule has 0 aliphatic carbocycles. The molecule has 17 heavy (non-hydrogen) atoms. The van der Waals surface area contributed by atoms with Crippen molar-refractivity contribution in [1.29, 1.82) is 0 Å². The number of nitrogens with two attached hydrogens (primary N) is 1. The zero-order valence-electron chi connectivity index (χ0n) is 10.0. The summed E-state index contributed by atoms with van der Waals surface area (Å²) < 4.78 is 5.55. The molecule has 5 heteroatoms. The van der Waals surface area contributed by atoms with E-state index >= 15 is 0 Å². The number of oxime groups is 1. The zero-order chi connectivity index (χ0) is 12.5. The summed E-state index contributed by atoms with van der Waals surface area (Å²) >= 11 is 0. The number of aryl methyl sites for hydroxylation is 1. The second-order valence-corrected chi connectivity index (χ2v) is 3.76. The predicted octanol–water partition coefficient (Wildman–Crippen LogP) is 1.10. The molecule has 1 rings (SSSR count). The molecule has 0 aromatic heterocycles. The van der Waals surface area contributed by atoms with Crippen molar-refractivity contribution < 1.29 is 9.94 Å². The van der Waals surface area contributed by atoms with Crippen molar-refractivity contribution in [3.05, 3.63) is 29.8 Å². The van der Waals surface area contributed by atoms with Gasteiger partial charge in [0.25, 0.3) is 0 Å². The van der Waals surface area contributed by atoms with E-state index in [1.54, 1.807) is 0 Å². The smallest absolute Gasteiger partial charge is 0.140 e. The molecule has 0 saturated carbocycles. The van der Waals surface area contributed by atoms with Gasteiger partial charge in [0.2, 0.25) is 0 Å². The van der Waals surface area contributed by atoms with Crippen LogP contribution < -0.4 is 15.8 Å². The Bertz CT molecular complexity index is 367. The molecule has 94 valence electrons. The fourth-order valence-electron chi connectivity index (χ4n) is 1.34. The van der Waals surface area contributed by atoms with Crippen LogP contribution in [0.2, 0.25) is 0 Å². The van der Waals surface area contributed by atoms with Gasteiger partial charge in [0.15, 0.2) is 0 Å². The van der Waals surface area contributed by atoms with Crippen LogP contribution in [0.3, 0.4) is 0 Å². The lowest BCUT2D eigenvalue weighted by molar-refractivity contribution is 0.312. The minimum atomic E-state index is 0.233. The Balaban J connectivity index is 2.08. The van der Waals surface area contributed by atoms with Gasteiger partial charge in [0.1, 0.15) is 18.2 Å². The molecule has 0 unspecified atom stereocenters. The summed E-state index contributed by atoms with van der Waals surface area (Å²) in [4.78, 5) is 0. The van der Waals surface area contributed by atoms with Crippen molar-refractivity contribution in [2.45, 2.75) is 13.3 Å². The number of rotatable bonds is 7. The van der Waals surface area contributed by atoms with Crippen LogP contribution in [0, 0.1) is 6.92 Å². The average molecular weight is 237 g/mol. The summed E-state index contributed by atoms with van der Waals surface area (Å²) in [6, 6.07) is 7.93. The van der Waals surface area contributed by atoms with E-state index < -0.39 is 0 Å². The van der Waals surface area contributed by atoms with Crippen molar-refractivity contribution in [1.82, 2.24) is 5.32 Å². The van der Waals surface area contributed by atoms with E-state index in [9.17, 15) is 0 Å². The summed E-state index contributed by atoms with van der Waals surface area (Å²) in [7, 11) is 0. The SMILES string of the molecule is Cc1cccc(OCCNCCC(N)=NO)c1. The minimum Gasteiger partial charge on any atom is -0.492 e. The van der Waals surface area contributed by atoms with Crippen molar-refractivity contribution in [2.24, 2.45) is 10.9 Å². The summed E-state index contributed by atoms with van der Waals surface area (Å²) in [5.74, 6) is 1.11. The van der Waals surface area contributed by atoms with E-state index in [0.717, 1.165) is 12.3 Å². The number of nitrogens with one attached hydrogen (secondary N) is 1. The van der Waals surface area contributed by atoms with Crippen LogP contribution in [0.4, 0.5) is 0 Å². The molecular weight excluding hydrogens is 218 g/mol. The fourth-order valence-corrected chi connectivity index (χ4v) is 1.34. The maximum absolute atomic E-state index is 8.32. The number of hydrogen-bond acceptors (Lipinski definition) is 4. The second-order valence-electron chi connectivity index (χ2n) is 3.76. The molecule has 0 amide bonds.